The zero-order valence-corrected chi connectivity index (χ0v) is 8.63. The minimum absolute atomic E-state index is 0.0957. The number of carbonyl (C=O) groups is 1. The number of carbonyl (C=O) groups excluding carboxylic acids is 1. The van der Waals surface area contributed by atoms with Gasteiger partial charge in [-0.15, -0.1) is 10.2 Å². The molecule has 1 aliphatic heterocycles. The molecule has 1 N–H and O–H groups in total. The van der Waals surface area contributed by atoms with E-state index < -0.39 is 0 Å². The van der Waals surface area contributed by atoms with Crippen molar-refractivity contribution < 1.29 is 4.79 Å². The van der Waals surface area contributed by atoms with Gasteiger partial charge < -0.3 is 4.90 Å². The number of hydrogen-bond donors (Lipinski definition) is 1. The van der Waals surface area contributed by atoms with Crippen molar-refractivity contribution in [3.63, 3.8) is 0 Å². The second-order valence-corrected chi connectivity index (χ2v) is 4.01. The highest BCUT2D eigenvalue weighted by atomic mass is 32.1. The SMILES string of the molecule is CN(C)c1nnc(C2=NNC(=O)C2)s1. The predicted molar refractivity (Wildman–Crippen MR) is 53.5 cm³/mol. The minimum Gasteiger partial charge on any atom is -0.353 e. The Morgan fingerprint density at radius 1 is 1.43 bits per heavy atom. The highest BCUT2D eigenvalue weighted by Gasteiger charge is 2.20. The van der Waals surface area contributed by atoms with Crippen LogP contribution in [-0.2, 0) is 4.79 Å². The van der Waals surface area contributed by atoms with Crippen LogP contribution in [0.3, 0.4) is 0 Å². The molecule has 74 valence electrons. The van der Waals surface area contributed by atoms with E-state index in [1.165, 1.54) is 11.3 Å². The Morgan fingerprint density at radius 3 is 2.71 bits per heavy atom. The Morgan fingerprint density at radius 2 is 2.21 bits per heavy atom. The molecular formula is C7H9N5OS. The first-order valence-corrected chi connectivity index (χ1v) is 4.85. The number of amides is 1. The van der Waals surface area contributed by atoms with Gasteiger partial charge in [-0.25, -0.2) is 5.43 Å². The second-order valence-electron chi connectivity index (χ2n) is 3.05. The molecule has 0 spiro atoms. The van der Waals surface area contributed by atoms with Gasteiger partial charge in [-0.2, -0.15) is 5.10 Å². The third-order valence-corrected chi connectivity index (χ3v) is 2.83. The van der Waals surface area contributed by atoms with Crippen LogP contribution in [0.15, 0.2) is 5.10 Å². The quantitative estimate of drug-likeness (QED) is 0.737. The average Bonchev–Trinajstić information content (AvgIpc) is 2.70. The van der Waals surface area contributed by atoms with Gasteiger partial charge in [0.1, 0.15) is 5.71 Å². The number of hydrazone groups is 1. The van der Waals surface area contributed by atoms with Crippen molar-refractivity contribution in [3.8, 4) is 0 Å². The summed E-state index contributed by atoms with van der Waals surface area (Å²) < 4.78 is 0. The fourth-order valence-corrected chi connectivity index (χ4v) is 1.75. The van der Waals surface area contributed by atoms with Crippen molar-refractivity contribution in [1.29, 1.82) is 0 Å². The Bertz CT molecular complexity index is 397. The summed E-state index contributed by atoms with van der Waals surface area (Å²) in [4.78, 5) is 12.8. The fourth-order valence-electron chi connectivity index (χ4n) is 0.997. The van der Waals surface area contributed by atoms with Gasteiger partial charge in [0.2, 0.25) is 11.0 Å². The zero-order valence-electron chi connectivity index (χ0n) is 7.81. The standard InChI is InChI=1S/C7H9N5OS/c1-12(2)7-11-10-6(14-7)4-3-5(13)9-8-4/h3H2,1-2H3,(H,9,13). The smallest absolute Gasteiger partial charge is 0.246 e. The van der Waals surface area contributed by atoms with E-state index in [-0.39, 0.29) is 5.91 Å². The molecule has 0 radical (unpaired) electrons. The molecule has 0 bridgehead atoms. The molecule has 0 atom stereocenters. The van der Waals surface area contributed by atoms with Crippen LogP contribution in [0.4, 0.5) is 5.13 Å². The van der Waals surface area contributed by atoms with E-state index >= 15 is 0 Å². The van der Waals surface area contributed by atoms with Gasteiger partial charge in [-0.3, -0.25) is 4.79 Å². The summed E-state index contributed by atoms with van der Waals surface area (Å²) in [6.07, 6.45) is 0.294. The molecular weight excluding hydrogens is 202 g/mol. The first-order valence-electron chi connectivity index (χ1n) is 4.03. The molecule has 0 saturated heterocycles. The van der Waals surface area contributed by atoms with Gasteiger partial charge in [-0.05, 0) is 0 Å². The van der Waals surface area contributed by atoms with Gasteiger partial charge >= 0.3 is 0 Å². The van der Waals surface area contributed by atoms with Crippen LogP contribution in [0.1, 0.15) is 11.4 Å². The third-order valence-electron chi connectivity index (χ3n) is 1.69. The summed E-state index contributed by atoms with van der Waals surface area (Å²) in [5.41, 5.74) is 3.05. The Hall–Kier alpha value is -1.50. The molecule has 6 nitrogen and oxygen atoms in total. The van der Waals surface area contributed by atoms with Crippen molar-refractivity contribution in [2.24, 2.45) is 5.10 Å². The molecule has 0 unspecified atom stereocenters. The number of nitrogens with zero attached hydrogens (tertiary/aromatic N) is 4. The highest BCUT2D eigenvalue weighted by Crippen LogP contribution is 2.20. The Labute approximate surface area is 84.6 Å². The number of anilines is 1. The summed E-state index contributed by atoms with van der Waals surface area (Å²) >= 11 is 1.42. The van der Waals surface area contributed by atoms with Crippen LogP contribution in [0, 0.1) is 0 Å². The van der Waals surface area contributed by atoms with Crippen LogP contribution in [0.25, 0.3) is 0 Å². The van der Waals surface area contributed by atoms with E-state index in [0.29, 0.717) is 17.1 Å². The maximum absolute atomic E-state index is 10.9. The molecule has 7 heteroatoms. The largest absolute Gasteiger partial charge is 0.353 e. The lowest BCUT2D eigenvalue weighted by Crippen LogP contribution is -2.09. The second kappa shape index (κ2) is 3.33. The summed E-state index contributed by atoms with van der Waals surface area (Å²) in [5.74, 6) is -0.0957. The highest BCUT2D eigenvalue weighted by molar-refractivity contribution is 7.17. The van der Waals surface area contributed by atoms with Gasteiger partial charge in [0.15, 0.2) is 5.01 Å². The lowest BCUT2D eigenvalue weighted by molar-refractivity contribution is -0.119. The van der Waals surface area contributed by atoms with Crippen molar-refractivity contribution >= 4 is 28.1 Å². The van der Waals surface area contributed by atoms with Gasteiger partial charge in [-0.1, -0.05) is 11.3 Å². The number of nitrogens with one attached hydrogen (secondary N) is 1. The monoisotopic (exact) mass is 211 g/mol. The minimum atomic E-state index is -0.0957. The van der Waals surface area contributed by atoms with Crippen LogP contribution in [-0.4, -0.2) is 35.9 Å². The molecule has 0 aliphatic carbocycles. The van der Waals surface area contributed by atoms with Crippen molar-refractivity contribution in [1.82, 2.24) is 15.6 Å². The maximum Gasteiger partial charge on any atom is 0.246 e. The van der Waals surface area contributed by atoms with Gasteiger partial charge in [0.25, 0.3) is 0 Å². The van der Waals surface area contributed by atoms with E-state index in [1.807, 2.05) is 19.0 Å². The Balaban J connectivity index is 2.21. The molecule has 14 heavy (non-hydrogen) atoms. The summed E-state index contributed by atoms with van der Waals surface area (Å²) in [6, 6.07) is 0. The van der Waals surface area contributed by atoms with Crippen LogP contribution in [0.5, 0.6) is 0 Å². The molecule has 1 aromatic heterocycles. The Kier molecular flexibility index (Phi) is 2.16. The van der Waals surface area contributed by atoms with Crippen molar-refractivity contribution in [2.75, 3.05) is 19.0 Å². The summed E-state index contributed by atoms with van der Waals surface area (Å²) in [6.45, 7) is 0. The van der Waals surface area contributed by atoms with Crippen molar-refractivity contribution in [3.05, 3.63) is 5.01 Å². The third kappa shape index (κ3) is 1.58. The first kappa shape index (κ1) is 9.07. The predicted octanol–water partition coefficient (Wildman–Crippen LogP) is -0.172. The fraction of sp³-hybridized carbons (Fsp3) is 0.429. The van der Waals surface area contributed by atoms with Crippen LogP contribution >= 0.6 is 11.3 Å². The lowest BCUT2D eigenvalue weighted by Gasteiger charge is -2.03. The van der Waals surface area contributed by atoms with Crippen LogP contribution in [0.2, 0.25) is 0 Å². The molecule has 0 saturated carbocycles. The molecule has 2 heterocycles. The number of aromatic nitrogens is 2. The summed E-state index contributed by atoms with van der Waals surface area (Å²) in [5, 5.41) is 13.3. The van der Waals surface area contributed by atoms with Crippen LogP contribution < -0.4 is 10.3 Å². The van der Waals surface area contributed by atoms with Gasteiger partial charge in [0.05, 0.1) is 6.42 Å². The normalized spacial score (nSPS) is 15.3. The zero-order chi connectivity index (χ0) is 10.1. The molecule has 0 fully saturated rings. The van der Waals surface area contributed by atoms with Gasteiger partial charge in [0, 0.05) is 14.1 Å². The summed E-state index contributed by atoms with van der Waals surface area (Å²) in [7, 11) is 3.79. The van der Waals surface area contributed by atoms with E-state index in [2.05, 4.69) is 20.7 Å². The lowest BCUT2D eigenvalue weighted by atomic mass is 10.3. The molecule has 1 aromatic rings. The maximum atomic E-state index is 10.9. The van der Waals surface area contributed by atoms with Crippen molar-refractivity contribution in [2.45, 2.75) is 6.42 Å². The molecule has 2 rings (SSSR count). The van der Waals surface area contributed by atoms with E-state index in [0.717, 1.165) is 5.13 Å². The molecule has 0 aromatic carbocycles. The van der Waals surface area contributed by atoms with E-state index in [4.69, 9.17) is 0 Å². The number of rotatable bonds is 2. The number of hydrogen-bond acceptors (Lipinski definition) is 6. The molecule has 1 amide bonds. The van der Waals surface area contributed by atoms with E-state index in [1.54, 1.807) is 0 Å². The average molecular weight is 211 g/mol. The van der Waals surface area contributed by atoms with E-state index in [9.17, 15) is 4.79 Å². The molecule has 1 aliphatic rings. The first-order chi connectivity index (χ1) is 6.66. The topological polar surface area (TPSA) is 70.5 Å².